The summed E-state index contributed by atoms with van der Waals surface area (Å²) in [6.07, 6.45) is 8.63. The predicted octanol–water partition coefficient (Wildman–Crippen LogP) is 3.73. The first-order chi connectivity index (χ1) is 13.5. The molecule has 150 valence electrons. The molecule has 0 spiro atoms. The molecule has 0 radical (unpaired) electrons. The molecule has 1 aliphatic heterocycles. The summed E-state index contributed by atoms with van der Waals surface area (Å²) >= 11 is 0. The summed E-state index contributed by atoms with van der Waals surface area (Å²) in [5.74, 6) is 0.440. The van der Waals surface area contributed by atoms with Gasteiger partial charge in [-0.05, 0) is 55.7 Å². The Balaban J connectivity index is 1.62. The molecular weight excluding hydrogens is 376 g/mol. The van der Waals surface area contributed by atoms with Gasteiger partial charge in [-0.1, -0.05) is 25.0 Å². The molecule has 1 aromatic heterocycles. The Morgan fingerprint density at radius 3 is 2.39 bits per heavy atom. The van der Waals surface area contributed by atoms with Crippen LogP contribution in [0.5, 0.6) is 0 Å². The van der Waals surface area contributed by atoms with Crippen LogP contribution in [0, 0.1) is 0 Å². The summed E-state index contributed by atoms with van der Waals surface area (Å²) < 4.78 is 32.4. The van der Waals surface area contributed by atoms with Gasteiger partial charge in [-0.25, -0.2) is 8.42 Å². The van der Waals surface area contributed by atoms with E-state index >= 15 is 0 Å². The van der Waals surface area contributed by atoms with Gasteiger partial charge in [-0.3, -0.25) is 4.79 Å². The van der Waals surface area contributed by atoms with E-state index in [1.807, 2.05) is 6.92 Å². The van der Waals surface area contributed by atoms with E-state index in [-0.39, 0.29) is 11.9 Å². The van der Waals surface area contributed by atoms with Crippen LogP contribution in [0.25, 0.3) is 6.08 Å². The van der Waals surface area contributed by atoms with Crippen LogP contribution in [-0.4, -0.2) is 31.7 Å². The van der Waals surface area contributed by atoms with E-state index in [0.29, 0.717) is 23.7 Å². The second-order valence-corrected chi connectivity index (χ2v) is 8.90. The molecule has 1 aromatic carbocycles. The predicted molar refractivity (Wildman–Crippen MR) is 108 cm³/mol. The fourth-order valence-corrected chi connectivity index (χ4v) is 4.74. The lowest BCUT2D eigenvalue weighted by atomic mass is 10.2. The lowest BCUT2D eigenvalue weighted by molar-refractivity contribution is -0.117. The van der Waals surface area contributed by atoms with Gasteiger partial charge in [0.25, 0.3) is 0 Å². The minimum atomic E-state index is -3.45. The zero-order chi connectivity index (χ0) is 20.0. The van der Waals surface area contributed by atoms with E-state index in [0.717, 1.165) is 31.2 Å². The SMILES string of the molecule is C[C@H](NC(=O)/C=C/c1ccc(S(=O)(=O)N2CCCCCC2)cc1)c1ccco1. The minimum absolute atomic E-state index is 0.228. The average molecular weight is 403 g/mol. The van der Waals surface area contributed by atoms with Gasteiger partial charge in [0.05, 0.1) is 17.2 Å². The Morgan fingerprint density at radius 1 is 1.11 bits per heavy atom. The lowest BCUT2D eigenvalue weighted by Crippen LogP contribution is -2.31. The van der Waals surface area contributed by atoms with Crippen molar-refractivity contribution in [3.63, 3.8) is 0 Å². The second-order valence-electron chi connectivity index (χ2n) is 6.97. The summed E-state index contributed by atoms with van der Waals surface area (Å²) in [7, 11) is -3.45. The summed E-state index contributed by atoms with van der Waals surface area (Å²) in [5, 5.41) is 2.82. The molecule has 1 atom stereocenters. The second kappa shape index (κ2) is 9.21. The molecule has 7 heteroatoms. The first kappa shape index (κ1) is 20.4. The summed E-state index contributed by atoms with van der Waals surface area (Å²) in [6, 6.07) is 9.97. The minimum Gasteiger partial charge on any atom is -0.467 e. The number of carbonyl (C=O) groups excluding carboxylic acids is 1. The molecule has 1 saturated heterocycles. The highest BCUT2D eigenvalue weighted by atomic mass is 32.2. The van der Waals surface area contributed by atoms with Gasteiger partial charge >= 0.3 is 0 Å². The third-order valence-electron chi connectivity index (χ3n) is 4.84. The first-order valence-electron chi connectivity index (χ1n) is 9.59. The monoisotopic (exact) mass is 402 g/mol. The standard InChI is InChI=1S/C21H26N2O4S/c1-17(20-7-6-16-27-20)22-21(24)13-10-18-8-11-19(12-9-18)28(25,26)23-14-4-2-3-5-15-23/h6-13,16-17H,2-5,14-15H2,1H3,(H,22,24)/b13-10+/t17-/m0/s1. The Kier molecular flexibility index (Phi) is 6.70. The quantitative estimate of drug-likeness (QED) is 0.747. The summed E-state index contributed by atoms with van der Waals surface area (Å²) in [5.41, 5.74) is 0.760. The van der Waals surface area contributed by atoms with Gasteiger partial charge in [0.1, 0.15) is 5.76 Å². The van der Waals surface area contributed by atoms with E-state index in [1.165, 1.54) is 6.08 Å². The Morgan fingerprint density at radius 2 is 1.79 bits per heavy atom. The number of furan rings is 1. The maximum Gasteiger partial charge on any atom is 0.244 e. The molecule has 0 aliphatic carbocycles. The Labute approximate surface area is 166 Å². The van der Waals surface area contributed by atoms with Gasteiger partial charge in [-0.15, -0.1) is 0 Å². The van der Waals surface area contributed by atoms with E-state index in [4.69, 9.17) is 4.42 Å². The summed E-state index contributed by atoms with van der Waals surface area (Å²) in [4.78, 5) is 12.3. The molecule has 1 N–H and O–H groups in total. The Bertz CT molecular complexity index is 894. The van der Waals surface area contributed by atoms with Crippen LogP contribution in [0.3, 0.4) is 0 Å². The highest BCUT2D eigenvalue weighted by molar-refractivity contribution is 7.89. The highest BCUT2D eigenvalue weighted by Crippen LogP contribution is 2.21. The van der Waals surface area contributed by atoms with Gasteiger partial charge in [0, 0.05) is 19.2 Å². The fraction of sp³-hybridized carbons (Fsp3) is 0.381. The fourth-order valence-electron chi connectivity index (χ4n) is 3.22. The molecule has 1 fully saturated rings. The molecule has 28 heavy (non-hydrogen) atoms. The molecular formula is C21H26N2O4S. The number of benzene rings is 1. The number of nitrogens with zero attached hydrogens (tertiary/aromatic N) is 1. The van der Waals surface area contributed by atoms with Crippen molar-refractivity contribution in [2.45, 2.75) is 43.5 Å². The van der Waals surface area contributed by atoms with Crippen molar-refractivity contribution < 1.29 is 17.6 Å². The number of rotatable bonds is 6. The normalized spacial score (nSPS) is 17.3. The van der Waals surface area contributed by atoms with Gasteiger partial charge in [-0.2, -0.15) is 4.31 Å². The summed E-state index contributed by atoms with van der Waals surface area (Å²) in [6.45, 7) is 3.00. The largest absolute Gasteiger partial charge is 0.467 e. The zero-order valence-electron chi connectivity index (χ0n) is 16.0. The van der Waals surface area contributed by atoms with Crippen LogP contribution in [0.1, 0.15) is 50.0 Å². The maximum absolute atomic E-state index is 12.8. The van der Waals surface area contributed by atoms with E-state index in [9.17, 15) is 13.2 Å². The number of amides is 1. The Hall–Kier alpha value is -2.38. The smallest absolute Gasteiger partial charge is 0.244 e. The van der Waals surface area contributed by atoms with Crippen molar-refractivity contribution in [2.24, 2.45) is 0 Å². The van der Waals surface area contributed by atoms with Crippen molar-refractivity contribution in [1.29, 1.82) is 0 Å². The van der Waals surface area contributed by atoms with Crippen molar-refractivity contribution in [1.82, 2.24) is 9.62 Å². The number of hydrogen-bond acceptors (Lipinski definition) is 4. The van der Waals surface area contributed by atoms with Crippen molar-refractivity contribution in [2.75, 3.05) is 13.1 Å². The third-order valence-corrected chi connectivity index (χ3v) is 6.75. The average Bonchev–Trinajstić information content (AvgIpc) is 3.09. The van der Waals surface area contributed by atoms with E-state index in [1.54, 1.807) is 53.0 Å². The molecule has 0 unspecified atom stereocenters. The molecule has 6 nitrogen and oxygen atoms in total. The molecule has 1 amide bonds. The van der Waals surface area contributed by atoms with Crippen LogP contribution in [0.4, 0.5) is 0 Å². The van der Waals surface area contributed by atoms with Crippen LogP contribution >= 0.6 is 0 Å². The van der Waals surface area contributed by atoms with Gasteiger partial charge < -0.3 is 9.73 Å². The molecule has 2 aromatic rings. The molecule has 0 saturated carbocycles. The maximum atomic E-state index is 12.8. The number of hydrogen-bond donors (Lipinski definition) is 1. The topological polar surface area (TPSA) is 79.6 Å². The van der Waals surface area contributed by atoms with Crippen LogP contribution in [-0.2, 0) is 14.8 Å². The molecule has 2 heterocycles. The molecule has 0 bridgehead atoms. The number of sulfonamides is 1. The van der Waals surface area contributed by atoms with Crippen molar-refractivity contribution >= 4 is 22.0 Å². The van der Waals surface area contributed by atoms with Gasteiger partial charge in [0.15, 0.2) is 0 Å². The lowest BCUT2D eigenvalue weighted by Gasteiger charge is -2.19. The first-order valence-corrected chi connectivity index (χ1v) is 11.0. The van der Waals surface area contributed by atoms with Crippen LogP contribution < -0.4 is 5.32 Å². The van der Waals surface area contributed by atoms with Crippen LogP contribution in [0.2, 0.25) is 0 Å². The van der Waals surface area contributed by atoms with E-state index < -0.39 is 10.0 Å². The third kappa shape index (κ3) is 5.11. The van der Waals surface area contributed by atoms with Gasteiger partial charge in [0.2, 0.25) is 15.9 Å². The highest BCUT2D eigenvalue weighted by Gasteiger charge is 2.24. The zero-order valence-corrected chi connectivity index (χ0v) is 16.8. The van der Waals surface area contributed by atoms with Crippen molar-refractivity contribution in [3.05, 3.63) is 60.1 Å². The van der Waals surface area contributed by atoms with E-state index in [2.05, 4.69) is 5.32 Å². The molecule has 3 rings (SSSR count). The van der Waals surface area contributed by atoms with Crippen LogP contribution in [0.15, 0.2) is 58.1 Å². The number of nitrogens with one attached hydrogen (secondary N) is 1. The molecule has 1 aliphatic rings. The van der Waals surface area contributed by atoms with Crippen molar-refractivity contribution in [3.8, 4) is 0 Å². The number of carbonyl (C=O) groups is 1.